The highest BCUT2D eigenvalue weighted by molar-refractivity contribution is 5.83. The van der Waals surface area contributed by atoms with Gasteiger partial charge in [0.2, 0.25) is 11.8 Å². The van der Waals surface area contributed by atoms with Crippen molar-refractivity contribution < 1.29 is 9.59 Å². The molecular formula is C19H26N2O2. The average molecular weight is 314 g/mol. The highest BCUT2D eigenvalue weighted by Gasteiger charge is 2.36. The van der Waals surface area contributed by atoms with Gasteiger partial charge in [-0.15, -0.1) is 0 Å². The molecule has 2 atom stereocenters. The van der Waals surface area contributed by atoms with Crippen LogP contribution in [0.1, 0.15) is 44.1 Å². The van der Waals surface area contributed by atoms with Crippen molar-refractivity contribution in [2.45, 2.75) is 38.5 Å². The average Bonchev–Trinajstić information content (AvgIpc) is 3.44. The summed E-state index contributed by atoms with van der Waals surface area (Å²) in [6, 6.07) is 10.2. The molecular weight excluding hydrogens is 288 g/mol. The Morgan fingerprint density at radius 1 is 1.17 bits per heavy atom. The van der Waals surface area contributed by atoms with Gasteiger partial charge in [0.1, 0.15) is 0 Å². The minimum absolute atomic E-state index is 0.0468. The molecule has 1 saturated carbocycles. The number of benzene rings is 1. The lowest BCUT2D eigenvalue weighted by Crippen LogP contribution is -2.46. The van der Waals surface area contributed by atoms with E-state index in [9.17, 15) is 9.59 Å². The van der Waals surface area contributed by atoms with Crippen molar-refractivity contribution in [2.75, 3.05) is 19.6 Å². The normalized spacial score (nSPS) is 22.5. The van der Waals surface area contributed by atoms with Crippen LogP contribution in [0.3, 0.4) is 0 Å². The molecule has 1 aromatic rings. The standard InChI is InChI=1S/C19H26N2O2/c1-14(15-6-3-2-4-7-15)12-20-18(22)17-8-5-11-21(13-17)19(23)16-9-10-16/h2-4,6-7,14,16-17H,5,8-13H2,1H3,(H,20,22)/t14-,17-/m0/s1. The van der Waals surface area contributed by atoms with Gasteiger partial charge in [0.05, 0.1) is 5.92 Å². The van der Waals surface area contributed by atoms with E-state index in [1.54, 1.807) is 0 Å². The van der Waals surface area contributed by atoms with Gasteiger partial charge in [-0.2, -0.15) is 0 Å². The maximum Gasteiger partial charge on any atom is 0.225 e. The van der Waals surface area contributed by atoms with Crippen LogP contribution >= 0.6 is 0 Å². The summed E-state index contributed by atoms with van der Waals surface area (Å²) in [5.41, 5.74) is 1.24. The molecule has 0 unspecified atom stereocenters. The molecule has 1 heterocycles. The smallest absolute Gasteiger partial charge is 0.225 e. The molecule has 1 aromatic carbocycles. The van der Waals surface area contributed by atoms with Gasteiger partial charge in [0, 0.05) is 25.6 Å². The molecule has 0 aromatic heterocycles. The second kappa shape index (κ2) is 7.16. The van der Waals surface area contributed by atoms with E-state index in [-0.39, 0.29) is 23.7 Å². The Labute approximate surface area is 138 Å². The van der Waals surface area contributed by atoms with Crippen LogP contribution in [0, 0.1) is 11.8 Å². The molecule has 124 valence electrons. The molecule has 4 nitrogen and oxygen atoms in total. The maximum absolute atomic E-state index is 12.4. The molecule has 0 radical (unpaired) electrons. The minimum atomic E-state index is -0.0468. The van der Waals surface area contributed by atoms with Crippen molar-refractivity contribution in [1.29, 1.82) is 0 Å². The van der Waals surface area contributed by atoms with Crippen LogP contribution in [0.4, 0.5) is 0 Å². The summed E-state index contributed by atoms with van der Waals surface area (Å²) in [5, 5.41) is 3.08. The number of likely N-dealkylation sites (tertiary alicyclic amines) is 1. The summed E-state index contributed by atoms with van der Waals surface area (Å²) in [6.07, 6.45) is 3.88. The fourth-order valence-corrected chi connectivity index (χ4v) is 3.28. The van der Waals surface area contributed by atoms with Gasteiger partial charge in [-0.05, 0) is 37.2 Å². The second-order valence-corrected chi connectivity index (χ2v) is 6.95. The van der Waals surface area contributed by atoms with E-state index in [1.807, 2.05) is 23.1 Å². The number of nitrogens with zero attached hydrogens (tertiary/aromatic N) is 1. The predicted molar refractivity (Wildman–Crippen MR) is 89.9 cm³/mol. The third-order valence-electron chi connectivity index (χ3n) is 4.98. The summed E-state index contributed by atoms with van der Waals surface area (Å²) in [6.45, 7) is 4.19. The Kier molecular flexibility index (Phi) is 4.99. The summed E-state index contributed by atoms with van der Waals surface area (Å²) >= 11 is 0. The quantitative estimate of drug-likeness (QED) is 0.908. The number of rotatable bonds is 5. The van der Waals surface area contributed by atoms with E-state index in [0.717, 1.165) is 32.2 Å². The highest BCUT2D eigenvalue weighted by Crippen LogP contribution is 2.32. The number of carbonyl (C=O) groups excluding carboxylic acids is 2. The summed E-state index contributed by atoms with van der Waals surface area (Å²) in [4.78, 5) is 26.5. The van der Waals surface area contributed by atoms with Gasteiger partial charge in [0.15, 0.2) is 0 Å². The third-order valence-corrected chi connectivity index (χ3v) is 4.98. The van der Waals surface area contributed by atoms with Crippen LogP contribution in [0.15, 0.2) is 30.3 Å². The predicted octanol–water partition coefficient (Wildman–Crippen LogP) is 2.55. The maximum atomic E-state index is 12.4. The van der Waals surface area contributed by atoms with Crippen LogP contribution in [0.25, 0.3) is 0 Å². The molecule has 2 amide bonds. The Balaban J connectivity index is 1.48. The fourth-order valence-electron chi connectivity index (χ4n) is 3.28. The first-order chi connectivity index (χ1) is 11.1. The molecule has 1 saturated heterocycles. The van der Waals surface area contributed by atoms with Crippen molar-refractivity contribution in [2.24, 2.45) is 11.8 Å². The SMILES string of the molecule is C[C@@H](CNC(=O)[C@H]1CCCN(C(=O)C2CC2)C1)c1ccccc1. The van der Waals surface area contributed by atoms with Crippen molar-refractivity contribution in [3.8, 4) is 0 Å². The van der Waals surface area contributed by atoms with Crippen LogP contribution in [0.2, 0.25) is 0 Å². The number of hydrogen-bond acceptors (Lipinski definition) is 2. The van der Waals surface area contributed by atoms with E-state index in [2.05, 4.69) is 24.4 Å². The molecule has 0 bridgehead atoms. The molecule has 3 rings (SSSR count). The van der Waals surface area contributed by atoms with Gasteiger partial charge in [-0.1, -0.05) is 37.3 Å². The first-order valence-corrected chi connectivity index (χ1v) is 8.76. The van der Waals surface area contributed by atoms with E-state index < -0.39 is 0 Å². The lowest BCUT2D eigenvalue weighted by atomic mass is 9.96. The summed E-state index contributed by atoms with van der Waals surface area (Å²) < 4.78 is 0. The minimum Gasteiger partial charge on any atom is -0.355 e. The molecule has 2 aliphatic rings. The van der Waals surface area contributed by atoms with Crippen molar-refractivity contribution in [3.63, 3.8) is 0 Å². The number of carbonyl (C=O) groups is 2. The zero-order valence-corrected chi connectivity index (χ0v) is 13.8. The van der Waals surface area contributed by atoms with E-state index in [1.165, 1.54) is 5.56 Å². The lowest BCUT2D eigenvalue weighted by molar-refractivity contribution is -0.136. The zero-order chi connectivity index (χ0) is 16.2. The van der Waals surface area contributed by atoms with Crippen molar-refractivity contribution in [1.82, 2.24) is 10.2 Å². The van der Waals surface area contributed by atoms with E-state index in [0.29, 0.717) is 19.0 Å². The molecule has 4 heteroatoms. The van der Waals surface area contributed by atoms with Gasteiger partial charge < -0.3 is 10.2 Å². The topological polar surface area (TPSA) is 49.4 Å². The van der Waals surface area contributed by atoms with E-state index in [4.69, 9.17) is 0 Å². The molecule has 23 heavy (non-hydrogen) atoms. The Bertz CT molecular complexity index is 554. The Morgan fingerprint density at radius 3 is 2.61 bits per heavy atom. The number of nitrogens with one attached hydrogen (secondary N) is 1. The molecule has 0 spiro atoms. The van der Waals surface area contributed by atoms with Crippen LogP contribution in [-0.4, -0.2) is 36.3 Å². The largest absolute Gasteiger partial charge is 0.355 e. The number of hydrogen-bond donors (Lipinski definition) is 1. The van der Waals surface area contributed by atoms with E-state index >= 15 is 0 Å². The summed E-state index contributed by atoms with van der Waals surface area (Å²) in [5.74, 6) is 0.860. The third kappa shape index (κ3) is 4.12. The second-order valence-electron chi connectivity index (χ2n) is 6.95. The van der Waals surface area contributed by atoms with Crippen molar-refractivity contribution in [3.05, 3.63) is 35.9 Å². The molecule has 2 fully saturated rings. The monoisotopic (exact) mass is 314 g/mol. The Hall–Kier alpha value is -1.84. The molecule has 1 aliphatic heterocycles. The van der Waals surface area contributed by atoms with Crippen LogP contribution < -0.4 is 5.32 Å². The number of piperidine rings is 1. The van der Waals surface area contributed by atoms with Gasteiger partial charge in [0.25, 0.3) is 0 Å². The van der Waals surface area contributed by atoms with Gasteiger partial charge in [-0.25, -0.2) is 0 Å². The first-order valence-electron chi connectivity index (χ1n) is 8.76. The fraction of sp³-hybridized carbons (Fsp3) is 0.579. The van der Waals surface area contributed by atoms with Crippen LogP contribution in [-0.2, 0) is 9.59 Å². The van der Waals surface area contributed by atoms with Gasteiger partial charge in [-0.3, -0.25) is 9.59 Å². The zero-order valence-electron chi connectivity index (χ0n) is 13.8. The lowest BCUT2D eigenvalue weighted by Gasteiger charge is -2.32. The molecule has 1 aliphatic carbocycles. The molecule has 1 N–H and O–H groups in total. The highest BCUT2D eigenvalue weighted by atomic mass is 16.2. The van der Waals surface area contributed by atoms with Crippen LogP contribution in [0.5, 0.6) is 0 Å². The first kappa shape index (κ1) is 16.0. The summed E-state index contributed by atoms with van der Waals surface area (Å²) in [7, 11) is 0. The van der Waals surface area contributed by atoms with Gasteiger partial charge >= 0.3 is 0 Å². The van der Waals surface area contributed by atoms with Crippen molar-refractivity contribution >= 4 is 11.8 Å². The number of amides is 2. The Morgan fingerprint density at radius 2 is 1.91 bits per heavy atom.